The fourth-order valence-corrected chi connectivity index (χ4v) is 3.13. The number of hydrogen-bond acceptors (Lipinski definition) is 6. The minimum absolute atomic E-state index is 0.140. The van der Waals surface area contributed by atoms with Gasteiger partial charge in [-0.2, -0.15) is 12.6 Å². The van der Waals surface area contributed by atoms with Crippen molar-refractivity contribution in [3.05, 3.63) is 0 Å². The summed E-state index contributed by atoms with van der Waals surface area (Å²) in [5, 5.41) is 0. The fraction of sp³-hybridized carbons (Fsp3) is 1.00. The van der Waals surface area contributed by atoms with Gasteiger partial charge < -0.3 is 23.7 Å². The van der Waals surface area contributed by atoms with Gasteiger partial charge in [-0.05, 0) is 27.7 Å². The lowest BCUT2D eigenvalue weighted by molar-refractivity contribution is -0.228. The van der Waals surface area contributed by atoms with Crippen LogP contribution < -0.4 is 0 Å². The normalized spacial score (nSPS) is 48.8. The average molecular weight is 276 g/mol. The van der Waals surface area contributed by atoms with Crippen LogP contribution >= 0.6 is 12.6 Å². The molecule has 6 heteroatoms. The van der Waals surface area contributed by atoms with Gasteiger partial charge in [-0.25, -0.2) is 0 Å². The molecule has 18 heavy (non-hydrogen) atoms. The highest BCUT2D eigenvalue weighted by Gasteiger charge is 2.60. The van der Waals surface area contributed by atoms with Crippen LogP contribution in [0, 0.1) is 0 Å². The molecule has 3 fully saturated rings. The van der Waals surface area contributed by atoms with Gasteiger partial charge >= 0.3 is 0 Å². The molecule has 0 aromatic rings. The number of fused-ring (bicyclic) bond motifs is 3. The minimum atomic E-state index is -0.651. The lowest BCUT2D eigenvalue weighted by Gasteiger charge is -2.36. The van der Waals surface area contributed by atoms with Crippen LogP contribution in [-0.2, 0) is 23.7 Å². The molecule has 3 heterocycles. The predicted molar refractivity (Wildman–Crippen MR) is 66.4 cm³/mol. The van der Waals surface area contributed by atoms with E-state index in [1.807, 2.05) is 27.7 Å². The Labute approximate surface area is 112 Å². The number of thiol groups is 1. The van der Waals surface area contributed by atoms with E-state index >= 15 is 0 Å². The maximum atomic E-state index is 5.95. The van der Waals surface area contributed by atoms with Gasteiger partial charge in [-0.1, -0.05) is 0 Å². The zero-order valence-corrected chi connectivity index (χ0v) is 12.0. The van der Waals surface area contributed by atoms with Crippen molar-refractivity contribution in [3.8, 4) is 0 Å². The third kappa shape index (κ3) is 2.09. The van der Waals surface area contributed by atoms with E-state index in [1.165, 1.54) is 0 Å². The summed E-state index contributed by atoms with van der Waals surface area (Å²) in [4.78, 5) is 0. The van der Waals surface area contributed by atoms with Gasteiger partial charge in [0.2, 0.25) is 0 Å². The second kappa shape index (κ2) is 4.07. The summed E-state index contributed by atoms with van der Waals surface area (Å²) < 4.78 is 29.3. The molecular formula is C12H20O5S. The fourth-order valence-electron chi connectivity index (χ4n) is 2.84. The van der Waals surface area contributed by atoms with E-state index in [0.29, 0.717) is 5.75 Å². The third-order valence-corrected chi connectivity index (χ3v) is 3.79. The Kier molecular flexibility index (Phi) is 2.97. The Morgan fingerprint density at radius 3 is 2.06 bits per heavy atom. The molecule has 3 aliphatic heterocycles. The Hall–Kier alpha value is 0.150. The van der Waals surface area contributed by atoms with E-state index < -0.39 is 17.9 Å². The second-order valence-corrected chi connectivity index (χ2v) is 6.26. The zero-order chi connectivity index (χ0) is 13.1. The molecule has 0 aromatic heterocycles. The monoisotopic (exact) mass is 276 g/mol. The molecule has 0 radical (unpaired) electrons. The van der Waals surface area contributed by atoms with Crippen LogP contribution in [-0.4, -0.2) is 48.0 Å². The van der Waals surface area contributed by atoms with Crippen LogP contribution in [0.2, 0.25) is 0 Å². The maximum absolute atomic E-state index is 5.95. The van der Waals surface area contributed by atoms with Crippen molar-refractivity contribution in [2.24, 2.45) is 0 Å². The van der Waals surface area contributed by atoms with E-state index in [2.05, 4.69) is 12.6 Å². The third-order valence-electron chi connectivity index (χ3n) is 3.43. The van der Waals surface area contributed by atoms with Gasteiger partial charge in [0, 0.05) is 5.75 Å². The second-order valence-electron chi connectivity index (χ2n) is 5.89. The van der Waals surface area contributed by atoms with Crippen LogP contribution in [0.4, 0.5) is 0 Å². The van der Waals surface area contributed by atoms with Crippen molar-refractivity contribution in [1.82, 2.24) is 0 Å². The molecule has 5 atom stereocenters. The van der Waals surface area contributed by atoms with E-state index in [4.69, 9.17) is 23.7 Å². The van der Waals surface area contributed by atoms with Crippen molar-refractivity contribution in [3.63, 3.8) is 0 Å². The first-order valence-electron chi connectivity index (χ1n) is 6.29. The van der Waals surface area contributed by atoms with E-state index in [0.717, 1.165) is 0 Å². The molecular weight excluding hydrogens is 256 g/mol. The van der Waals surface area contributed by atoms with Crippen LogP contribution in [0.15, 0.2) is 0 Å². The Balaban J connectivity index is 1.86. The van der Waals surface area contributed by atoms with Crippen molar-refractivity contribution < 1.29 is 23.7 Å². The van der Waals surface area contributed by atoms with Crippen LogP contribution in [0.5, 0.6) is 0 Å². The highest BCUT2D eigenvalue weighted by atomic mass is 32.1. The standard InChI is InChI=1S/C12H20O5S/c1-11(2)14-7-6(5-18)13-10-9(8(7)15-11)16-12(3,4)17-10/h6-10,18H,5H2,1-4H3/t6-,7+,8+,9-,10?/m1/s1. The van der Waals surface area contributed by atoms with Crippen molar-refractivity contribution in [1.29, 1.82) is 0 Å². The minimum Gasteiger partial charge on any atom is -0.343 e. The van der Waals surface area contributed by atoms with Gasteiger partial charge in [0.15, 0.2) is 17.9 Å². The quantitative estimate of drug-likeness (QED) is 0.732. The largest absolute Gasteiger partial charge is 0.343 e. The van der Waals surface area contributed by atoms with Crippen LogP contribution in [0.1, 0.15) is 27.7 Å². The summed E-state index contributed by atoms with van der Waals surface area (Å²) in [6.45, 7) is 7.55. The van der Waals surface area contributed by atoms with Crippen molar-refractivity contribution >= 4 is 12.6 Å². The van der Waals surface area contributed by atoms with Gasteiger partial charge in [0.1, 0.15) is 18.3 Å². The summed E-state index contributed by atoms with van der Waals surface area (Å²) in [6, 6.07) is 0. The number of ether oxygens (including phenoxy) is 5. The highest BCUT2D eigenvalue weighted by Crippen LogP contribution is 2.44. The van der Waals surface area contributed by atoms with E-state index in [9.17, 15) is 0 Å². The molecule has 0 N–H and O–H groups in total. The number of hydrogen-bond donors (Lipinski definition) is 1. The molecule has 3 rings (SSSR count). The molecule has 1 unspecified atom stereocenters. The summed E-state index contributed by atoms with van der Waals surface area (Å²) in [7, 11) is 0. The molecule has 0 spiro atoms. The maximum Gasteiger partial charge on any atom is 0.190 e. The Bertz CT molecular complexity index is 345. The lowest BCUT2D eigenvalue weighted by Crippen LogP contribution is -2.55. The molecule has 0 aliphatic carbocycles. The van der Waals surface area contributed by atoms with Gasteiger partial charge in [-0.3, -0.25) is 0 Å². The molecule has 0 aromatic carbocycles. The predicted octanol–water partition coefficient (Wildman–Crippen LogP) is 1.31. The molecule has 104 valence electrons. The zero-order valence-electron chi connectivity index (χ0n) is 11.1. The number of rotatable bonds is 1. The smallest absolute Gasteiger partial charge is 0.190 e. The highest BCUT2D eigenvalue weighted by molar-refractivity contribution is 7.80. The van der Waals surface area contributed by atoms with Crippen molar-refractivity contribution in [2.45, 2.75) is 70.0 Å². The molecule has 3 saturated heterocycles. The van der Waals surface area contributed by atoms with Gasteiger partial charge in [-0.15, -0.1) is 0 Å². The lowest BCUT2D eigenvalue weighted by atomic mass is 10.00. The average Bonchev–Trinajstić information content (AvgIpc) is 2.71. The summed E-state index contributed by atoms with van der Waals surface area (Å²) in [5.74, 6) is -0.708. The first-order chi connectivity index (χ1) is 8.31. The van der Waals surface area contributed by atoms with Crippen LogP contribution in [0.3, 0.4) is 0 Å². The summed E-state index contributed by atoms with van der Waals surface area (Å²) >= 11 is 4.32. The summed E-state index contributed by atoms with van der Waals surface area (Å²) in [5.41, 5.74) is 0. The molecule has 0 saturated carbocycles. The van der Waals surface area contributed by atoms with Gasteiger partial charge in [0.25, 0.3) is 0 Å². The molecule has 5 nitrogen and oxygen atoms in total. The van der Waals surface area contributed by atoms with Crippen LogP contribution in [0.25, 0.3) is 0 Å². The summed E-state index contributed by atoms with van der Waals surface area (Å²) in [6.07, 6.45) is -1.12. The Morgan fingerprint density at radius 1 is 0.833 bits per heavy atom. The van der Waals surface area contributed by atoms with Gasteiger partial charge in [0.05, 0.1) is 6.10 Å². The Morgan fingerprint density at radius 2 is 1.39 bits per heavy atom. The first kappa shape index (κ1) is 13.1. The molecule has 0 amide bonds. The van der Waals surface area contributed by atoms with Crippen molar-refractivity contribution in [2.75, 3.05) is 5.75 Å². The molecule has 3 aliphatic rings. The topological polar surface area (TPSA) is 46.2 Å². The molecule has 0 bridgehead atoms. The SMILES string of the molecule is CC1(C)O[C@@H]2[C@H](O1)[C@H]1OC(C)(C)OC1O[C@@H]2CS. The van der Waals surface area contributed by atoms with E-state index in [-0.39, 0.29) is 24.4 Å². The van der Waals surface area contributed by atoms with E-state index in [1.54, 1.807) is 0 Å². The first-order valence-corrected chi connectivity index (χ1v) is 6.92.